The SMILES string of the molecule is c1ccc(-c2c3ccccc3c(-c3ccc4oc5c(-c6ccc7ccc8c(oc9ccc%10oc%11ccccc%11c%10c98)c7c6)cccc5c4c3)c3ccccc23)cc1. The molecular weight excluding hydrogens is 697 g/mol. The smallest absolute Gasteiger partial charge is 0.143 e. The number of hydrogen-bond acceptors (Lipinski definition) is 3. The third-order valence-corrected chi connectivity index (χ3v) is 12.0. The topological polar surface area (TPSA) is 39.4 Å². The first-order chi connectivity index (χ1) is 28.3. The summed E-state index contributed by atoms with van der Waals surface area (Å²) in [5.74, 6) is 0. The van der Waals surface area contributed by atoms with E-state index in [0.717, 1.165) is 87.7 Å². The van der Waals surface area contributed by atoms with Crippen LogP contribution in [-0.4, -0.2) is 0 Å². The van der Waals surface area contributed by atoms with Gasteiger partial charge in [-0.05, 0) is 97.2 Å². The second kappa shape index (κ2) is 11.5. The van der Waals surface area contributed by atoms with E-state index in [1.54, 1.807) is 0 Å². The van der Waals surface area contributed by atoms with Gasteiger partial charge in [0.2, 0.25) is 0 Å². The van der Waals surface area contributed by atoms with Crippen molar-refractivity contribution in [3.8, 4) is 33.4 Å². The molecule has 0 amide bonds. The van der Waals surface area contributed by atoms with E-state index in [-0.39, 0.29) is 0 Å². The highest BCUT2D eigenvalue weighted by molar-refractivity contribution is 6.28. The van der Waals surface area contributed by atoms with Gasteiger partial charge in [-0.2, -0.15) is 0 Å². The Bertz CT molecular complexity index is 3750. The Kier molecular flexibility index (Phi) is 6.16. The minimum Gasteiger partial charge on any atom is -0.456 e. The van der Waals surface area contributed by atoms with Gasteiger partial charge < -0.3 is 13.3 Å². The van der Waals surface area contributed by atoms with Crippen molar-refractivity contribution in [1.82, 2.24) is 0 Å². The summed E-state index contributed by atoms with van der Waals surface area (Å²) in [6.45, 7) is 0. The van der Waals surface area contributed by atoms with Gasteiger partial charge in [0, 0.05) is 43.3 Å². The van der Waals surface area contributed by atoms with Crippen LogP contribution in [0, 0.1) is 0 Å². The van der Waals surface area contributed by atoms with E-state index < -0.39 is 0 Å². The molecule has 264 valence electrons. The van der Waals surface area contributed by atoms with Crippen molar-refractivity contribution >= 4 is 98.1 Å². The number of para-hydroxylation sites is 2. The fourth-order valence-electron chi connectivity index (χ4n) is 9.56. The highest BCUT2D eigenvalue weighted by Crippen LogP contribution is 2.46. The van der Waals surface area contributed by atoms with Crippen molar-refractivity contribution < 1.29 is 13.3 Å². The monoisotopic (exact) mass is 726 g/mol. The summed E-state index contributed by atoms with van der Waals surface area (Å²) in [5, 5.41) is 13.7. The summed E-state index contributed by atoms with van der Waals surface area (Å²) < 4.78 is 19.7. The van der Waals surface area contributed by atoms with E-state index in [1.807, 2.05) is 24.3 Å². The molecule has 0 aliphatic heterocycles. The summed E-state index contributed by atoms with van der Waals surface area (Å²) in [6.07, 6.45) is 0. The Morgan fingerprint density at radius 1 is 0.263 bits per heavy atom. The molecule has 0 radical (unpaired) electrons. The Hall–Kier alpha value is -7.62. The lowest BCUT2D eigenvalue weighted by Crippen LogP contribution is -1.90. The quantitative estimate of drug-likeness (QED) is 0.170. The molecule has 3 heteroatoms. The third kappa shape index (κ3) is 4.31. The number of rotatable bonds is 3. The molecule has 0 unspecified atom stereocenters. The van der Waals surface area contributed by atoms with Gasteiger partial charge in [-0.3, -0.25) is 0 Å². The van der Waals surface area contributed by atoms with Crippen LogP contribution in [0.3, 0.4) is 0 Å². The van der Waals surface area contributed by atoms with Crippen molar-refractivity contribution in [1.29, 1.82) is 0 Å². The molecule has 0 atom stereocenters. The van der Waals surface area contributed by atoms with Crippen LogP contribution in [0.1, 0.15) is 0 Å². The number of fused-ring (bicyclic) bond motifs is 14. The fraction of sp³-hybridized carbons (Fsp3) is 0. The van der Waals surface area contributed by atoms with Gasteiger partial charge in [0.1, 0.15) is 33.5 Å². The van der Waals surface area contributed by atoms with Crippen molar-refractivity contribution in [2.75, 3.05) is 0 Å². The van der Waals surface area contributed by atoms with Crippen molar-refractivity contribution in [2.24, 2.45) is 0 Å². The number of hydrogen-bond donors (Lipinski definition) is 0. The van der Waals surface area contributed by atoms with Gasteiger partial charge in [-0.25, -0.2) is 0 Å². The molecule has 0 fully saturated rings. The molecule has 3 heterocycles. The van der Waals surface area contributed by atoms with E-state index in [2.05, 4.69) is 158 Å². The molecule has 13 aromatic rings. The zero-order valence-electron chi connectivity index (χ0n) is 30.5. The molecule has 3 aromatic heterocycles. The van der Waals surface area contributed by atoms with Gasteiger partial charge >= 0.3 is 0 Å². The molecule has 3 nitrogen and oxygen atoms in total. The first-order valence-electron chi connectivity index (χ1n) is 19.4. The minimum absolute atomic E-state index is 0.854. The van der Waals surface area contributed by atoms with Gasteiger partial charge in [0.25, 0.3) is 0 Å². The molecule has 10 aromatic carbocycles. The van der Waals surface area contributed by atoms with E-state index >= 15 is 0 Å². The lowest BCUT2D eigenvalue weighted by molar-refractivity contribution is 0.664. The zero-order valence-corrected chi connectivity index (χ0v) is 30.5. The maximum atomic E-state index is 6.77. The lowest BCUT2D eigenvalue weighted by Gasteiger charge is -2.17. The number of furan rings is 3. The van der Waals surface area contributed by atoms with E-state index in [4.69, 9.17) is 13.3 Å². The van der Waals surface area contributed by atoms with Crippen molar-refractivity contribution in [2.45, 2.75) is 0 Å². The molecule has 0 N–H and O–H groups in total. The average Bonchev–Trinajstić information content (AvgIpc) is 3.96. The Morgan fingerprint density at radius 2 is 0.807 bits per heavy atom. The van der Waals surface area contributed by atoms with Gasteiger partial charge in [-0.1, -0.05) is 140 Å². The first-order valence-corrected chi connectivity index (χ1v) is 19.4. The Labute approximate surface area is 325 Å². The largest absolute Gasteiger partial charge is 0.456 e. The van der Waals surface area contributed by atoms with E-state index in [9.17, 15) is 0 Å². The van der Waals surface area contributed by atoms with Crippen LogP contribution in [-0.2, 0) is 0 Å². The summed E-state index contributed by atoms with van der Waals surface area (Å²) in [7, 11) is 0. The third-order valence-electron chi connectivity index (χ3n) is 12.0. The molecule has 0 saturated heterocycles. The second-order valence-corrected chi connectivity index (χ2v) is 15.1. The molecule has 0 aliphatic carbocycles. The molecule has 0 aliphatic rings. The summed E-state index contributed by atoms with van der Waals surface area (Å²) >= 11 is 0. The van der Waals surface area contributed by atoms with Crippen LogP contribution in [0.25, 0.3) is 132 Å². The summed E-state index contributed by atoms with van der Waals surface area (Å²) in [5.41, 5.74) is 12.2. The summed E-state index contributed by atoms with van der Waals surface area (Å²) in [6, 6.07) is 64.8. The molecular formula is C54H30O3. The molecule has 0 bridgehead atoms. The van der Waals surface area contributed by atoms with Crippen LogP contribution in [0.15, 0.2) is 195 Å². The van der Waals surface area contributed by atoms with E-state index in [0.29, 0.717) is 0 Å². The van der Waals surface area contributed by atoms with Crippen LogP contribution < -0.4 is 0 Å². The fourth-order valence-corrected chi connectivity index (χ4v) is 9.56. The lowest BCUT2D eigenvalue weighted by atomic mass is 9.86. The standard InChI is InChI=1S/C54H30O3/c1-2-11-32(12-3-1)49-36-13-4-6-15-38(36)50(39-16-7-5-14-37(39)49)34-24-26-46-44(30-34)40-19-10-18-35(53(40)56-46)33-22-21-31-23-25-42-52-48(57-54(42)43(31)29-33)28-27-47-51(52)41-17-8-9-20-45(41)55-47/h1-30H. The predicted molar refractivity (Wildman–Crippen MR) is 237 cm³/mol. The van der Waals surface area contributed by atoms with E-state index in [1.165, 1.54) is 43.8 Å². The highest BCUT2D eigenvalue weighted by Gasteiger charge is 2.21. The minimum atomic E-state index is 0.854. The van der Waals surface area contributed by atoms with Crippen LogP contribution in [0.4, 0.5) is 0 Å². The highest BCUT2D eigenvalue weighted by atomic mass is 16.3. The molecule has 13 rings (SSSR count). The van der Waals surface area contributed by atoms with Gasteiger partial charge in [0.05, 0.1) is 0 Å². The van der Waals surface area contributed by atoms with Gasteiger partial charge in [0.15, 0.2) is 0 Å². The Morgan fingerprint density at radius 3 is 1.58 bits per heavy atom. The summed E-state index contributed by atoms with van der Waals surface area (Å²) in [4.78, 5) is 0. The van der Waals surface area contributed by atoms with Crippen LogP contribution in [0.2, 0.25) is 0 Å². The van der Waals surface area contributed by atoms with Crippen molar-refractivity contribution in [3.63, 3.8) is 0 Å². The molecule has 57 heavy (non-hydrogen) atoms. The van der Waals surface area contributed by atoms with Gasteiger partial charge in [-0.15, -0.1) is 0 Å². The Balaban J connectivity index is 1.01. The maximum absolute atomic E-state index is 6.77. The normalized spacial score (nSPS) is 12.2. The van der Waals surface area contributed by atoms with Crippen LogP contribution in [0.5, 0.6) is 0 Å². The first kappa shape index (κ1) is 30.7. The number of benzene rings is 10. The molecule has 0 saturated carbocycles. The molecule has 0 spiro atoms. The average molecular weight is 727 g/mol. The predicted octanol–water partition coefficient (Wildman–Crippen LogP) is 15.8. The maximum Gasteiger partial charge on any atom is 0.143 e. The second-order valence-electron chi connectivity index (χ2n) is 15.1. The van der Waals surface area contributed by atoms with Crippen molar-refractivity contribution in [3.05, 3.63) is 182 Å². The van der Waals surface area contributed by atoms with Crippen LogP contribution >= 0.6 is 0 Å². The zero-order chi connectivity index (χ0) is 37.2.